The van der Waals surface area contributed by atoms with E-state index in [9.17, 15) is 0 Å². The van der Waals surface area contributed by atoms with Crippen LogP contribution in [0.2, 0.25) is 0 Å². The van der Waals surface area contributed by atoms with Crippen molar-refractivity contribution >= 4 is 66.7 Å². The maximum atomic E-state index is 7.83. The van der Waals surface area contributed by atoms with Crippen molar-refractivity contribution in [1.82, 2.24) is 9.13 Å². The largest absolute Gasteiger partial charge is 0.458 e. The first kappa shape index (κ1) is 52.2. The van der Waals surface area contributed by atoms with Crippen LogP contribution in [0.15, 0.2) is 212 Å². The van der Waals surface area contributed by atoms with Crippen LogP contribution in [0.4, 0.5) is 0 Å². The van der Waals surface area contributed by atoms with Gasteiger partial charge in [0.2, 0.25) is 0 Å². The number of ether oxygens (including phenoxy) is 1. The molecule has 0 amide bonds. The first-order valence-corrected chi connectivity index (χ1v) is 31.4. The number of fused-ring (bicyclic) bond motifs is 21. The summed E-state index contributed by atoms with van der Waals surface area (Å²) in [4.78, 5) is 0. The Morgan fingerprint density at radius 1 is 0.368 bits per heavy atom. The Balaban J connectivity index is 0.981. The summed E-state index contributed by atoms with van der Waals surface area (Å²) in [6, 6.07) is 82.0. The second-order valence-corrected chi connectivity index (χ2v) is 29.6. The predicted octanol–water partition coefficient (Wildman–Crippen LogP) is 19.7. The smallest absolute Gasteiger partial charge is 0.256 e. The third kappa shape index (κ3) is 7.13. The molecule has 0 fully saturated rings. The molecule has 0 saturated carbocycles. The third-order valence-corrected chi connectivity index (χ3v) is 20.3. The molecule has 13 aromatic rings. The average molecular weight is 1120 g/mol. The highest BCUT2D eigenvalue weighted by molar-refractivity contribution is 6.99. The molecule has 0 radical (unpaired) electrons. The molecular formula is C83H71BN2O. The Labute approximate surface area is 512 Å². The van der Waals surface area contributed by atoms with Gasteiger partial charge in [-0.25, -0.2) is 0 Å². The number of para-hydroxylation sites is 2. The van der Waals surface area contributed by atoms with Crippen molar-refractivity contribution in [3.63, 3.8) is 0 Å². The molecule has 17 rings (SSSR count). The SMILES string of the molecule is CC(C)(C)c1cc(-c2ccc(-n3c4ccccc4c4cc5c6c(c7ccccc7n6-c6cc(-c7c(C(C)(C)C)cccc7C(C)(C)C)cc7c6B5c5cc6c(cc5O7)C5(c7ccccc7-c7ccccc75)c5ccccc5-6)c43)cc2)cc(C(C)(C)C)c1. The average Bonchev–Trinajstić information content (AvgIpc) is 1.55. The molecule has 0 saturated heterocycles. The van der Waals surface area contributed by atoms with Crippen LogP contribution < -0.4 is 21.1 Å². The molecule has 422 valence electrons. The number of nitrogens with zero attached hydrogens (tertiary/aromatic N) is 2. The van der Waals surface area contributed by atoms with E-state index in [0.717, 1.165) is 17.2 Å². The Kier molecular flexibility index (Phi) is 10.5. The summed E-state index contributed by atoms with van der Waals surface area (Å²) in [5.41, 5.74) is 30.9. The number of benzene rings is 11. The van der Waals surface area contributed by atoms with Crippen LogP contribution in [0.5, 0.6) is 11.5 Å². The summed E-state index contributed by atoms with van der Waals surface area (Å²) in [7, 11) is 0. The van der Waals surface area contributed by atoms with Crippen LogP contribution in [0.25, 0.3) is 99.5 Å². The normalized spacial score (nSPS) is 14.4. The molecule has 0 N–H and O–H groups in total. The molecule has 0 bridgehead atoms. The quantitative estimate of drug-likeness (QED) is 0.161. The topological polar surface area (TPSA) is 19.1 Å². The van der Waals surface area contributed by atoms with Gasteiger partial charge in [-0.2, -0.15) is 0 Å². The fourth-order valence-electron chi connectivity index (χ4n) is 16.3. The van der Waals surface area contributed by atoms with E-state index in [-0.39, 0.29) is 28.4 Å². The van der Waals surface area contributed by atoms with Crippen LogP contribution in [-0.4, -0.2) is 15.8 Å². The van der Waals surface area contributed by atoms with Gasteiger partial charge in [0.1, 0.15) is 11.5 Å². The van der Waals surface area contributed by atoms with E-state index in [1.807, 2.05) is 0 Å². The van der Waals surface area contributed by atoms with Gasteiger partial charge in [0.15, 0.2) is 0 Å². The molecule has 2 aliphatic carbocycles. The maximum absolute atomic E-state index is 7.83. The molecule has 1 spiro atoms. The van der Waals surface area contributed by atoms with E-state index in [2.05, 4.69) is 305 Å². The molecule has 0 unspecified atom stereocenters. The molecule has 4 heterocycles. The van der Waals surface area contributed by atoms with Gasteiger partial charge in [0.05, 0.1) is 27.5 Å². The van der Waals surface area contributed by atoms with Gasteiger partial charge in [-0.1, -0.05) is 253 Å². The summed E-state index contributed by atoms with van der Waals surface area (Å²) in [5.74, 6) is 1.84. The lowest BCUT2D eigenvalue weighted by atomic mass is 9.34. The van der Waals surface area contributed by atoms with Crippen LogP contribution in [0, 0.1) is 0 Å². The first-order valence-electron chi connectivity index (χ1n) is 31.4. The molecule has 87 heavy (non-hydrogen) atoms. The Bertz CT molecular complexity index is 5060. The van der Waals surface area contributed by atoms with E-state index in [4.69, 9.17) is 4.74 Å². The number of aromatic nitrogens is 2. The van der Waals surface area contributed by atoms with Crippen LogP contribution >= 0.6 is 0 Å². The van der Waals surface area contributed by atoms with E-state index < -0.39 is 5.41 Å². The Hall–Kier alpha value is -9.12. The molecule has 2 aromatic heterocycles. The van der Waals surface area contributed by atoms with Crippen molar-refractivity contribution in [2.24, 2.45) is 0 Å². The van der Waals surface area contributed by atoms with Crippen molar-refractivity contribution < 1.29 is 4.74 Å². The van der Waals surface area contributed by atoms with Gasteiger partial charge < -0.3 is 13.9 Å². The van der Waals surface area contributed by atoms with Gasteiger partial charge in [0, 0.05) is 32.9 Å². The highest BCUT2D eigenvalue weighted by Crippen LogP contribution is 2.63. The maximum Gasteiger partial charge on any atom is 0.256 e. The fourth-order valence-corrected chi connectivity index (χ4v) is 16.3. The van der Waals surface area contributed by atoms with Crippen molar-refractivity contribution in [3.05, 3.63) is 257 Å². The van der Waals surface area contributed by atoms with Crippen molar-refractivity contribution in [3.8, 4) is 67.4 Å². The van der Waals surface area contributed by atoms with E-state index in [0.29, 0.717) is 0 Å². The van der Waals surface area contributed by atoms with E-state index >= 15 is 0 Å². The lowest BCUT2D eigenvalue weighted by Gasteiger charge is -2.36. The molecule has 2 aliphatic heterocycles. The molecule has 4 aliphatic rings. The van der Waals surface area contributed by atoms with Gasteiger partial charge in [-0.15, -0.1) is 0 Å². The molecule has 4 heteroatoms. The molecule has 0 atom stereocenters. The van der Waals surface area contributed by atoms with Gasteiger partial charge in [0.25, 0.3) is 6.71 Å². The van der Waals surface area contributed by atoms with Crippen LogP contribution in [0.1, 0.15) is 128 Å². The second kappa shape index (κ2) is 17.5. The summed E-state index contributed by atoms with van der Waals surface area (Å²) in [6.45, 7) is 28.0. The number of hydrogen-bond donors (Lipinski definition) is 0. The highest BCUT2D eigenvalue weighted by atomic mass is 16.5. The zero-order chi connectivity index (χ0) is 59.6. The summed E-state index contributed by atoms with van der Waals surface area (Å²) >= 11 is 0. The molecular weight excluding hydrogens is 1050 g/mol. The van der Waals surface area contributed by atoms with E-state index in [1.54, 1.807) is 0 Å². The highest BCUT2D eigenvalue weighted by Gasteiger charge is 2.53. The number of hydrogen-bond acceptors (Lipinski definition) is 1. The standard InChI is InChI=1S/C83H71BN2O/c1-79(2,3)51-40-49(41-52(44-51)80(4,5)6)48-36-38-53(39-37-48)85-69-34-21-16-27-57(69)60-46-68-78-75(77(60)85)58-28-17-22-35-70(58)86(78)71-42-50(74-64(81(7,8)9)32-23-33-65(74)82(10,11)12)43-73-76(71)84(68)67-45-59-56-26-15-20-31-63(56)83(66(59)47-72(67)87-73)61-29-18-13-24-54(61)55-25-14-19-30-62(55)83/h13-47H,1-12H3. The summed E-state index contributed by atoms with van der Waals surface area (Å²) in [6.07, 6.45) is 0. The fraction of sp³-hybridized carbons (Fsp3) is 0.205. The molecule has 11 aromatic carbocycles. The lowest BCUT2D eigenvalue weighted by molar-refractivity contribution is 0.486. The van der Waals surface area contributed by atoms with Crippen molar-refractivity contribution in [1.29, 1.82) is 0 Å². The summed E-state index contributed by atoms with van der Waals surface area (Å²) in [5, 5.41) is 5.00. The van der Waals surface area contributed by atoms with Crippen LogP contribution in [-0.2, 0) is 27.1 Å². The lowest BCUT2D eigenvalue weighted by Crippen LogP contribution is -2.58. The van der Waals surface area contributed by atoms with Gasteiger partial charge in [-0.05, 0) is 170 Å². The number of rotatable bonds is 3. The second-order valence-electron chi connectivity index (χ2n) is 29.6. The zero-order valence-electron chi connectivity index (χ0n) is 52.1. The first-order chi connectivity index (χ1) is 41.7. The molecule has 3 nitrogen and oxygen atoms in total. The Morgan fingerprint density at radius 3 is 1.49 bits per heavy atom. The van der Waals surface area contributed by atoms with Crippen molar-refractivity contribution in [2.45, 2.75) is 110 Å². The van der Waals surface area contributed by atoms with E-state index in [1.165, 1.54) is 155 Å². The Morgan fingerprint density at radius 2 is 0.908 bits per heavy atom. The summed E-state index contributed by atoms with van der Waals surface area (Å²) < 4.78 is 13.0. The minimum absolute atomic E-state index is 0.0111. The van der Waals surface area contributed by atoms with Crippen LogP contribution in [0.3, 0.4) is 0 Å². The predicted molar refractivity (Wildman–Crippen MR) is 368 cm³/mol. The van der Waals surface area contributed by atoms with Crippen molar-refractivity contribution in [2.75, 3.05) is 0 Å². The zero-order valence-corrected chi connectivity index (χ0v) is 52.1. The third-order valence-electron chi connectivity index (χ3n) is 20.3. The van der Waals surface area contributed by atoms with Gasteiger partial charge >= 0.3 is 0 Å². The monoisotopic (exact) mass is 1120 g/mol. The minimum atomic E-state index is -0.519. The minimum Gasteiger partial charge on any atom is -0.458 e. The van der Waals surface area contributed by atoms with Gasteiger partial charge in [-0.3, -0.25) is 0 Å².